The molecule has 0 aliphatic heterocycles. The van der Waals surface area contributed by atoms with E-state index in [1.165, 1.54) is 6.26 Å². The summed E-state index contributed by atoms with van der Waals surface area (Å²) in [7, 11) is -3.10. The second-order valence-electron chi connectivity index (χ2n) is 5.01. The highest BCUT2D eigenvalue weighted by Crippen LogP contribution is 2.10. The summed E-state index contributed by atoms with van der Waals surface area (Å²) in [6, 6.07) is 6.87. The van der Waals surface area contributed by atoms with Crippen molar-refractivity contribution in [3.05, 3.63) is 29.8 Å². The molecule has 0 fully saturated rings. The Hall–Kier alpha value is -0.910. The second-order valence-corrected chi connectivity index (χ2v) is 7.02. The largest absolute Gasteiger partial charge is 0.324 e. The molecule has 0 unspecified atom stereocenters. The van der Waals surface area contributed by atoms with E-state index >= 15 is 0 Å². The minimum absolute atomic E-state index is 0.243. The summed E-state index contributed by atoms with van der Waals surface area (Å²) >= 11 is 0. The SMILES string of the molecule is CC(C)(N)CNCc1ccc(S(C)(=O)=O)cc1. The predicted octanol–water partition coefficient (Wildman–Crippen LogP) is 0.917. The van der Waals surface area contributed by atoms with E-state index in [1.54, 1.807) is 12.1 Å². The van der Waals surface area contributed by atoms with E-state index in [0.717, 1.165) is 5.56 Å². The van der Waals surface area contributed by atoms with Gasteiger partial charge in [0.05, 0.1) is 4.90 Å². The van der Waals surface area contributed by atoms with Crippen LogP contribution in [-0.4, -0.2) is 26.8 Å². The van der Waals surface area contributed by atoms with E-state index in [2.05, 4.69) is 5.32 Å². The molecule has 17 heavy (non-hydrogen) atoms. The van der Waals surface area contributed by atoms with Crippen LogP contribution >= 0.6 is 0 Å². The van der Waals surface area contributed by atoms with Gasteiger partial charge in [0.1, 0.15) is 0 Å². The molecular formula is C12H20N2O2S. The summed E-state index contributed by atoms with van der Waals surface area (Å²) in [4.78, 5) is 0.348. The first-order valence-electron chi connectivity index (χ1n) is 5.47. The van der Waals surface area contributed by atoms with Gasteiger partial charge in [-0.2, -0.15) is 0 Å². The monoisotopic (exact) mass is 256 g/mol. The maximum atomic E-state index is 11.3. The van der Waals surface area contributed by atoms with Crippen LogP contribution in [0.25, 0.3) is 0 Å². The Kier molecular flexibility index (Phi) is 4.30. The maximum absolute atomic E-state index is 11.3. The van der Waals surface area contributed by atoms with Crippen molar-refractivity contribution >= 4 is 9.84 Å². The molecule has 0 amide bonds. The highest BCUT2D eigenvalue weighted by molar-refractivity contribution is 7.90. The van der Waals surface area contributed by atoms with E-state index in [1.807, 2.05) is 26.0 Å². The van der Waals surface area contributed by atoms with Crippen molar-refractivity contribution in [3.8, 4) is 0 Å². The van der Waals surface area contributed by atoms with Crippen LogP contribution in [0.1, 0.15) is 19.4 Å². The molecular weight excluding hydrogens is 236 g/mol. The number of nitrogens with two attached hydrogens (primary N) is 1. The van der Waals surface area contributed by atoms with Crippen LogP contribution in [0.4, 0.5) is 0 Å². The predicted molar refractivity (Wildman–Crippen MR) is 69.5 cm³/mol. The molecule has 5 heteroatoms. The number of nitrogens with one attached hydrogen (secondary N) is 1. The van der Waals surface area contributed by atoms with Crippen LogP contribution in [0.15, 0.2) is 29.2 Å². The Morgan fingerprint density at radius 1 is 1.24 bits per heavy atom. The first kappa shape index (κ1) is 14.2. The quantitative estimate of drug-likeness (QED) is 0.821. The Labute approximate surface area is 103 Å². The van der Waals surface area contributed by atoms with Gasteiger partial charge in [0, 0.05) is 24.9 Å². The van der Waals surface area contributed by atoms with Crippen molar-refractivity contribution in [3.63, 3.8) is 0 Å². The average molecular weight is 256 g/mol. The normalized spacial score (nSPS) is 12.7. The van der Waals surface area contributed by atoms with Gasteiger partial charge in [0.15, 0.2) is 9.84 Å². The van der Waals surface area contributed by atoms with Gasteiger partial charge in [-0.05, 0) is 31.5 Å². The Morgan fingerprint density at radius 3 is 2.18 bits per heavy atom. The molecule has 3 N–H and O–H groups in total. The van der Waals surface area contributed by atoms with Crippen molar-refractivity contribution in [1.82, 2.24) is 5.32 Å². The van der Waals surface area contributed by atoms with Crippen LogP contribution in [-0.2, 0) is 16.4 Å². The van der Waals surface area contributed by atoms with Crippen molar-refractivity contribution in [2.75, 3.05) is 12.8 Å². The zero-order valence-corrected chi connectivity index (χ0v) is 11.3. The van der Waals surface area contributed by atoms with E-state index < -0.39 is 9.84 Å². The summed E-state index contributed by atoms with van der Waals surface area (Å²) in [5.74, 6) is 0. The second kappa shape index (κ2) is 5.16. The lowest BCUT2D eigenvalue weighted by molar-refractivity contribution is 0.466. The molecule has 4 nitrogen and oxygen atoms in total. The van der Waals surface area contributed by atoms with E-state index in [9.17, 15) is 8.42 Å². The zero-order chi connectivity index (χ0) is 13.1. The van der Waals surface area contributed by atoms with Crippen LogP contribution in [0, 0.1) is 0 Å². The van der Waals surface area contributed by atoms with Gasteiger partial charge in [0.2, 0.25) is 0 Å². The third-order valence-corrected chi connectivity index (χ3v) is 3.39. The van der Waals surface area contributed by atoms with E-state index in [-0.39, 0.29) is 5.54 Å². The summed E-state index contributed by atoms with van der Waals surface area (Å²) < 4.78 is 22.5. The number of benzene rings is 1. The highest BCUT2D eigenvalue weighted by atomic mass is 32.2. The minimum Gasteiger partial charge on any atom is -0.324 e. The highest BCUT2D eigenvalue weighted by Gasteiger charge is 2.09. The fraction of sp³-hybridized carbons (Fsp3) is 0.500. The molecule has 0 radical (unpaired) electrons. The van der Waals surface area contributed by atoms with Crippen molar-refractivity contribution in [2.24, 2.45) is 5.73 Å². The molecule has 0 bridgehead atoms. The number of rotatable bonds is 5. The first-order chi connectivity index (χ1) is 7.68. The van der Waals surface area contributed by atoms with Gasteiger partial charge >= 0.3 is 0 Å². The Bertz CT molecular complexity index is 458. The Balaban J connectivity index is 2.58. The topological polar surface area (TPSA) is 72.2 Å². The summed E-state index contributed by atoms with van der Waals surface area (Å²) in [6.07, 6.45) is 1.21. The lowest BCUT2D eigenvalue weighted by Crippen LogP contribution is -2.42. The number of hydrogen-bond acceptors (Lipinski definition) is 4. The maximum Gasteiger partial charge on any atom is 0.175 e. The molecule has 0 heterocycles. The molecule has 0 aromatic heterocycles. The lowest BCUT2D eigenvalue weighted by Gasteiger charge is -2.18. The third kappa shape index (κ3) is 5.30. The smallest absolute Gasteiger partial charge is 0.175 e. The van der Waals surface area contributed by atoms with Crippen LogP contribution < -0.4 is 11.1 Å². The first-order valence-corrected chi connectivity index (χ1v) is 7.36. The van der Waals surface area contributed by atoms with Gasteiger partial charge in [-0.15, -0.1) is 0 Å². The standard InChI is InChI=1S/C12H20N2O2S/c1-12(2,13)9-14-8-10-4-6-11(7-5-10)17(3,15)16/h4-7,14H,8-9,13H2,1-3H3. The molecule has 0 atom stereocenters. The van der Waals surface area contributed by atoms with Gasteiger partial charge < -0.3 is 11.1 Å². The number of hydrogen-bond donors (Lipinski definition) is 2. The van der Waals surface area contributed by atoms with E-state index in [0.29, 0.717) is 18.0 Å². The van der Waals surface area contributed by atoms with Crippen molar-refractivity contribution < 1.29 is 8.42 Å². The average Bonchev–Trinajstić information content (AvgIpc) is 2.15. The molecule has 0 saturated carbocycles. The van der Waals surface area contributed by atoms with Gasteiger partial charge in [-0.25, -0.2) is 8.42 Å². The van der Waals surface area contributed by atoms with Crippen LogP contribution in [0.5, 0.6) is 0 Å². The zero-order valence-electron chi connectivity index (χ0n) is 10.5. The molecule has 96 valence electrons. The molecule has 0 aliphatic carbocycles. The fourth-order valence-electron chi connectivity index (χ4n) is 1.38. The molecule has 0 spiro atoms. The summed E-state index contributed by atoms with van der Waals surface area (Å²) in [5.41, 5.74) is 6.64. The third-order valence-electron chi connectivity index (χ3n) is 2.26. The summed E-state index contributed by atoms with van der Waals surface area (Å²) in [5, 5.41) is 3.23. The fourth-order valence-corrected chi connectivity index (χ4v) is 2.01. The van der Waals surface area contributed by atoms with Crippen LogP contribution in [0.3, 0.4) is 0 Å². The molecule has 0 saturated heterocycles. The minimum atomic E-state index is -3.10. The molecule has 0 aliphatic rings. The van der Waals surface area contributed by atoms with Crippen molar-refractivity contribution in [1.29, 1.82) is 0 Å². The molecule has 1 aromatic rings. The lowest BCUT2D eigenvalue weighted by atomic mass is 10.1. The molecule has 1 aromatic carbocycles. The van der Waals surface area contributed by atoms with Gasteiger partial charge in [-0.1, -0.05) is 12.1 Å². The van der Waals surface area contributed by atoms with E-state index in [4.69, 9.17) is 5.73 Å². The Morgan fingerprint density at radius 2 is 1.76 bits per heavy atom. The van der Waals surface area contributed by atoms with Crippen molar-refractivity contribution in [2.45, 2.75) is 30.8 Å². The molecule has 1 rings (SSSR count). The number of sulfone groups is 1. The van der Waals surface area contributed by atoms with Crippen LogP contribution in [0.2, 0.25) is 0 Å². The summed E-state index contributed by atoms with van der Waals surface area (Å²) in [6.45, 7) is 5.30. The van der Waals surface area contributed by atoms with Gasteiger partial charge in [0.25, 0.3) is 0 Å². The van der Waals surface area contributed by atoms with Gasteiger partial charge in [-0.3, -0.25) is 0 Å².